The molecule has 0 saturated heterocycles. The summed E-state index contributed by atoms with van der Waals surface area (Å²) < 4.78 is 24.3. The van der Waals surface area contributed by atoms with Gasteiger partial charge in [0.1, 0.15) is 17.0 Å². The molecule has 0 aliphatic heterocycles. The van der Waals surface area contributed by atoms with E-state index in [0.717, 1.165) is 5.56 Å². The summed E-state index contributed by atoms with van der Waals surface area (Å²) in [4.78, 5) is 25.7. The van der Waals surface area contributed by atoms with Gasteiger partial charge in [0.25, 0.3) is 5.56 Å². The van der Waals surface area contributed by atoms with Crippen molar-refractivity contribution in [2.75, 3.05) is 20.5 Å². The predicted molar refractivity (Wildman–Crippen MR) is 124 cm³/mol. The van der Waals surface area contributed by atoms with E-state index in [-0.39, 0.29) is 10.7 Å². The maximum absolute atomic E-state index is 12.5. The molecule has 1 aromatic carbocycles. The van der Waals surface area contributed by atoms with Crippen LogP contribution in [0.15, 0.2) is 64.1 Å². The van der Waals surface area contributed by atoms with E-state index in [1.54, 1.807) is 49.4 Å². The number of rotatable bonds is 7. The normalized spacial score (nSPS) is 11.9. The molecule has 32 heavy (non-hydrogen) atoms. The molecular formula is C22H20N4O4S2. The van der Waals surface area contributed by atoms with Crippen LogP contribution in [0.4, 0.5) is 0 Å². The molecule has 0 amide bonds. The lowest BCUT2D eigenvalue weighted by Crippen LogP contribution is -2.19. The number of thiazole rings is 1. The van der Waals surface area contributed by atoms with E-state index < -0.39 is 11.2 Å². The van der Waals surface area contributed by atoms with Gasteiger partial charge in [-0.15, -0.1) is 11.3 Å². The van der Waals surface area contributed by atoms with Crippen molar-refractivity contribution in [3.8, 4) is 33.5 Å². The Kier molecular flexibility index (Phi) is 6.54. The van der Waals surface area contributed by atoms with Crippen LogP contribution in [0.5, 0.6) is 11.5 Å². The fourth-order valence-corrected chi connectivity index (χ4v) is 4.19. The molecule has 0 aliphatic carbocycles. The van der Waals surface area contributed by atoms with Gasteiger partial charge in [-0.3, -0.25) is 4.79 Å². The van der Waals surface area contributed by atoms with Crippen molar-refractivity contribution in [1.82, 2.24) is 19.5 Å². The van der Waals surface area contributed by atoms with Crippen molar-refractivity contribution in [1.29, 1.82) is 0 Å². The van der Waals surface area contributed by atoms with Gasteiger partial charge in [-0.1, -0.05) is 6.07 Å². The lowest BCUT2D eigenvalue weighted by molar-refractivity contribution is 0.354. The number of ether oxygens (including phenoxy) is 2. The average molecular weight is 469 g/mol. The second-order valence-corrected chi connectivity index (χ2v) is 8.95. The van der Waals surface area contributed by atoms with Crippen LogP contribution >= 0.6 is 11.3 Å². The quantitative estimate of drug-likeness (QED) is 0.303. The molecule has 3 heterocycles. The molecule has 164 valence electrons. The summed E-state index contributed by atoms with van der Waals surface area (Å²) in [6.07, 6.45) is 4.95. The molecule has 0 radical (unpaired) electrons. The molecule has 8 nitrogen and oxygen atoms in total. The van der Waals surface area contributed by atoms with E-state index in [0.29, 0.717) is 40.0 Å². The first-order valence-corrected chi connectivity index (χ1v) is 12.0. The van der Waals surface area contributed by atoms with Gasteiger partial charge in [0.2, 0.25) is 0 Å². The zero-order valence-electron chi connectivity index (χ0n) is 17.6. The zero-order chi connectivity index (χ0) is 22.7. The van der Waals surface area contributed by atoms with E-state index in [1.807, 2.05) is 17.5 Å². The molecule has 10 heteroatoms. The van der Waals surface area contributed by atoms with Crippen molar-refractivity contribution < 1.29 is 14.0 Å². The van der Waals surface area contributed by atoms with E-state index in [9.17, 15) is 9.35 Å². The standard InChI is InChI=1S/C22H20N4O4S2/c1-29-18-6-4-14(10-19(18)30-2)12-26-13-15(5-7-20(26)27)16-11-17(21-23-8-9-31-21)25-22(24-16)32(3)28/h4-11,13H,12H2,1-3H3. The van der Waals surface area contributed by atoms with E-state index in [1.165, 1.54) is 23.7 Å². The first-order valence-electron chi connectivity index (χ1n) is 9.52. The molecule has 1 unspecified atom stereocenters. The second kappa shape index (κ2) is 9.51. The molecule has 4 rings (SSSR count). The SMILES string of the molecule is COc1ccc(Cn2cc(-c3cc(-c4nccs4)nc([S+](C)[O-])n3)ccc2=O)cc1OC. The molecule has 0 aliphatic rings. The minimum Gasteiger partial charge on any atom is -0.609 e. The maximum Gasteiger partial charge on any atom is 0.343 e. The fourth-order valence-electron chi connectivity index (χ4n) is 3.14. The summed E-state index contributed by atoms with van der Waals surface area (Å²) in [6.45, 7) is 0.337. The van der Waals surface area contributed by atoms with Gasteiger partial charge < -0.3 is 18.6 Å². The number of pyridine rings is 1. The Morgan fingerprint density at radius 1 is 1.06 bits per heavy atom. The van der Waals surface area contributed by atoms with Crippen molar-refractivity contribution in [2.24, 2.45) is 0 Å². The van der Waals surface area contributed by atoms with Crippen LogP contribution in [0.2, 0.25) is 0 Å². The van der Waals surface area contributed by atoms with Gasteiger partial charge >= 0.3 is 5.16 Å². The van der Waals surface area contributed by atoms with Gasteiger partial charge in [0, 0.05) is 40.6 Å². The Hall–Kier alpha value is -3.21. The number of hydrogen-bond acceptors (Lipinski definition) is 8. The van der Waals surface area contributed by atoms with Gasteiger partial charge in [-0.2, -0.15) is 9.97 Å². The van der Waals surface area contributed by atoms with Gasteiger partial charge in [-0.25, -0.2) is 4.98 Å². The summed E-state index contributed by atoms with van der Waals surface area (Å²) in [5.74, 6) is 1.21. The second-order valence-electron chi connectivity index (χ2n) is 6.79. The molecule has 1 atom stereocenters. The molecule has 3 aromatic heterocycles. The molecule has 0 spiro atoms. The third-order valence-corrected chi connectivity index (χ3v) is 6.19. The number of aromatic nitrogens is 4. The van der Waals surface area contributed by atoms with Gasteiger partial charge in [0.05, 0.1) is 26.5 Å². The zero-order valence-corrected chi connectivity index (χ0v) is 19.3. The van der Waals surface area contributed by atoms with Crippen LogP contribution in [0.1, 0.15) is 5.56 Å². The van der Waals surface area contributed by atoms with Crippen LogP contribution in [0.3, 0.4) is 0 Å². The fraction of sp³-hybridized carbons (Fsp3) is 0.182. The summed E-state index contributed by atoms with van der Waals surface area (Å²) in [5, 5.41) is 2.77. The topological polar surface area (TPSA) is 102 Å². The van der Waals surface area contributed by atoms with Crippen LogP contribution < -0.4 is 15.0 Å². The average Bonchev–Trinajstić information content (AvgIpc) is 3.35. The number of hydrogen-bond donors (Lipinski definition) is 0. The summed E-state index contributed by atoms with van der Waals surface area (Å²) in [6, 6.07) is 10.5. The van der Waals surface area contributed by atoms with Crippen molar-refractivity contribution in [3.63, 3.8) is 0 Å². The van der Waals surface area contributed by atoms with Gasteiger partial charge in [-0.05, 0) is 29.8 Å². The molecule has 0 saturated carbocycles. The monoisotopic (exact) mass is 468 g/mol. The Bertz CT molecular complexity index is 1290. The van der Waals surface area contributed by atoms with Crippen LogP contribution in [-0.4, -0.2) is 44.5 Å². The lowest BCUT2D eigenvalue weighted by Gasteiger charge is -2.12. The largest absolute Gasteiger partial charge is 0.609 e. The smallest absolute Gasteiger partial charge is 0.343 e. The highest BCUT2D eigenvalue weighted by atomic mass is 32.2. The minimum atomic E-state index is -1.37. The Morgan fingerprint density at radius 2 is 1.84 bits per heavy atom. The van der Waals surface area contributed by atoms with E-state index >= 15 is 0 Å². The highest BCUT2D eigenvalue weighted by molar-refractivity contribution is 7.90. The van der Waals surface area contributed by atoms with Crippen LogP contribution in [-0.2, 0) is 17.7 Å². The molecule has 4 aromatic rings. The molecule has 0 N–H and O–H groups in total. The maximum atomic E-state index is 12.5. The number of nitrogens with zero attached hydrogens (tertiary/aromatic N) is 4. The molecule has 0 fully saturated rings. The van der Waals surface area contributed by atoms with Crippen molar-refractivity contribution >= 4 is 22.5 Å². The number of methoxy groups -OCH3 is 2. The Balaban J connectivity index is 1.74. The first-order chi connectivity index (χ1) is 15.5. The van der Waals surface area contributed by atoms with Gasteiger partial charge in [0.15, 0.2) is 11.5 Å². The highest BCUT2D eigenvalue weighted by Gasteiger charge is 2.17. The summed E-state index contributed by atoms with van der Waals surface area (Å²) in [7, 11) is 3.14. The molecule has 0 bridgehead atoms. The lowest BCUT2D eigenvalue weighted by atomic mass is 10.1. The van der Waals surface area contributed by atoms with Crippen LogP contribution in [0, 0.1) is 0 Å². The van der Waals surface area contributed by atoms with Crippen molar-refractivity contribution in [3.05, 3.63) is 70.1 Å². The Morgan fingerprint density at radius 3 is 2.53 bits per heavy atom. The third-order valence-electron chi connectivity index (χ3n) is 4.69. The number of benzene rings is 1. The molecular weight excluding hydrogens is 448 g/mol. The minimum absolute atomic E-state index is 0.156. The first kappa shape index (κ1) is 22.0. The van der Waals surface area contributed by atoms with E-state index in [2.05, 4.69) is 15.0 Å². The predicted octanol–water partition coefficient (Wildman–Crippen LogP) is 3.23. The Labute approximate surface area is 191 Å². The summed E-state index contributed by atoms with van der Waals surface area (Å²) in [5.41, 5.74) is 2.58. The highest BCUT2D eigenvalue weighted by Crippen LogP contribution is 2.28. The van der Waals surface area contributed by atoms with Crippen molar-refractivity contribution in [2.45, 2.75) is 11.7 Å². The summed E-state index contributed by atoms with van der Waals surface area (Å²) >= 11 is 0.0637. The van der Waals surface area contributed by atoms with E-state index in [4.69, 9.17) is 9.47 Å². The third kappa shape index (κ3) is 4.67. The van der Waals surface area contributed by atoms with Crippen LogP contribution in [0.25, 0.3) is 22.0 Å².